The van der Waals surface area contributed by atoms with Crippen LogP contribution in [0.3, 0.4) is 0 Å². The molecule has 100 valence electrons. The highest BCUT2D eigenvalue weighted by atomic mass is 16.2. The van der Waals surface area contributed by atoms with E-state index < -0.39 is 0 Å². The van der Waals surface area contributed by atoms with Crippen molar-refractivity contribution in [3.8, 4) is 0 Å². The molecule has 0 aliphatic rings. The van der Waals surface area contributed by atoms with Crippen molar-refractivity contribution >= 4 is 17.4 Å². The normalized spacial score (nSPS) is 11.7. The molecule has 0 aliphatic heterocycles. The van der Waals surface area contributed by atoms with Gasteiger partial charge in [0.25, 0.3) is 0 Å². The fraction of sp³-hybridized carbons (Fsp3) is 0.500. The molecule has 4 nitrogen and oxygen atoms in total. The second-order valence-corrected chi connectivity index (χ2v) is 4.47. The average molecular weight is 249 g/mol. The van der Waals surface area contributed by atoms with E-state index in [4.69, 9.17) is 0 Å². The summed E-state index contributed by atoms with van der Waals surface area (Å²) in [5.74, 6) is 0. The molecule has 4 heteroatoms. The van der Waals surface area contributed by atoms with Crippen LogP contribution in [-0.2, 0) is 0 Å². The number of nitrogens with one attached hydrogen (secondary N) is 3. The third-order valence-corrected chi connectivity index (χ3v) is 2.77. The first-order valence-corrected chi connectivity index (χ1v) is 6.51. The van der Waals surface area contributed by atoms with E-state index in [0.717, 1.165) is 11.4 Å². The van der Waals surface area contributed by atoms with Gasteiger partial charge in [-0.2, -0.15) is 0 Å². The van der Waals surface area contributed by atoms with Gasteiger partial charge in [0.2, 0.25) is 0 Å². The zero-order valence-electron chi connectivity index (χ0n) is 11.4. The quantitative estimate of drug-likeness (QED) is 0.723. The Kier molecular flexibility index (Phi) is 6.05. The van der Waals surface area contributed by atoms with E-state index in [1.807, 2.05) is 24.3 Å². The Morgan fingerprint density at radius 3 is 2.39 bits per heavy atom. The van der Waals surface area contributed by atoms with Gasteiger partial charge >= 0.3 is 6.03 Å². The Hall–Kier alpha value is -1.71. The largest absolute Gasteiger partial charge is 0.383 e. The molecule has 0 heterocycles. The number of urea groups is 1. The Morgan fingerprint density at radius 1 is 1.22 bits per heavy atom. The molecule has 0 spiro atoms. The molecule has 0 aliphatic carbocycles. The number of hydrogen-bond donors (Lipinski definition) is 3. The van der Waals surface area contributed by atoms with Crippen molar-refractivity contribution in [3.05, 3.63) is 24.3 Å². The van der Waals surface area contributed by atoms with E-state index in [1.54, 1.807) is 7.05 Å². The molecule has 0 saturated heterocycles. The summed E-state index contributed by atoms with van der Waals surface area (Å²) in [6, 6.07) is 8.02. The van der Waals surface area contributed by atoms with E-state index >= 15 is 0 Å². The third-order valence-electron chi connectivity index (χ3n) is 2.77. The van der Waals surface area contributed by atoms with Crippen molar-refractivity contribution in [1.82, 2.24) is 5.32 Å². The minimum atomic E-state index is -0.202. The zero-order valence-corrected chi connectivity index (χ0v) is 11.4. The molecule has 0 fully saturated rings. The third kappa shape index (κ3) is 5.08. The molecule has 1 aromatic rings. The molecule has 1 rings (SSSR count). The van der Waals surface area contributed by atoms with Crippen molar-refractivity contribution in [2.24, 2.45) is 0 Å². The maximum atomic E-state index is 11.1. The van der Waals surface area contributed by atoms with E-state index in [1.165, 1.54) is 19.3 Å². The second-order valence-electron chi connectivity index (χ2n) is 4.47. The molecule has 1 atom stereocenters. The number of carbonyl (C=O) groups excluding carboxylic acids is 1. The van der Waals surface area contributed by atoms with Gasteiger partial charge in [-0.05, 0) is 37.6 Å². The summed E-state index contributed by atoms with van der Waals surface area (Å²) in [4.78, 5) is 11.1. The minimum Gasteiger partial charge on any atom is -0.383 e. The van der Waals surface area contributed by atoms with Crippen LogP contribution in [0, 0.1) is 0 Å². The van der Waals surface area contributed by atoms with Crippen LogP contribution in [0.1, 0.15) is 33.1 Å². The lowest BCUT2D eigenvalue weighted by molar-refractivity contribution is 0.254. The molecule has 0 saturated carbocycles. The first kappa shape index (κ1) is 14.4. The van der Waals surface area contributed by atoms with Crippen LogP contribution >= 0.6 is 0 Å². The highest BCUT2D eigenvalue weighted by Crippen LogP contribution is 2.15. The van der Waals surface area contributed by atoms with Crippen molar-refractivity contribution in [3.63, 3.8) is 0 Å². The highest BCUT2D eigenvalue weighted by Gasteiger charge is 2.02. The minimum absolute atomic E-state index is 0.202. The van der Waals surface area contributed by atoms with Crippen molar-refractivity contribution in [2.45, 2.75) is 39.2 Å². The summed E-state index contributed by atoms with van der Waals surface area (Å²) in [5, 5.41) is 8.69. The van der Waals surface area contributed by atoms with Gasteiger partial charge in [0.1, 0.15) is 0 Å². The van der Waals surface area contributed by atoms with E-state index in [0.29, 0.717) is 6.04 Å². The summed E-state index contributed by atoms with van der Waals surface area (Å²) in [6.07, 6.45) is 3.64. The van der Waals surface area contributed by atoms with Gasteiger partial charge in [-0.1, -0.05) is 19.8 Å². The van der Waals surface area contributed by atoms with Crippen LogP contribution in [0.25, 0.3) is 0 Å². The van der Waals surface area contributed by atoms with E-state index in [2.05, 4.69) is 29.8 Å². The van der Waals surface area contributed by atoms with Gasteiger partial charge < -0.3 is 16.0 Å². The van der Waals surface area contributed by atoms with Crippen LogP contribution in [0.4, 0.5) is 16.2 Å². The van der Waals surface area contributed by atoms with Gasteiger partial charge in [0.05, 0.1) is 0 Å². The Balaban J connectivity index is 2.47. The fourth-order valence-corrected chi connectivity index (χ4v) is 1.71. The molecule has 0 bridgehead atoms. The van der Waals surface area contributed by atoms with Crippen LogP contribution in [0.15, 0.2) is 24.3 Å². The molecule has 1 unspecified atom stereocenters. The van der Waals surface area contributed by atoms with Gasteiger partial charge in [-0.25, -0.2) is 4.79 Å². The smallest absolute Gasteiger partial charge is 0.318 e. The van der Waals surface area contributed by atoms with Crippen molar-refractivity contribution < 1.29 is 4.79 Å². The molecule has 2 amide bonds. The van der Waals surface area contributed by atoms with Crippen LogP contribution in [-0.4, -0.2) is 19.1 Å². The van der Waals surface area contributed by atoms with Crippen molar-refractivity contribution in [1.29, 1.82) is 0 Å². The lowest BCUT2D eigenvalue weighted by atomic mass is 10.1. The molecule has 3 N–H and O–H groups in total. The molecular weight excluding hydrogens is 226 g/mol. The topological polar surface area (TPSA) is 53.2 Å². The SMILES string of the molecule is CCCCC(C)Nc1ccc(NC(=O)NC)cc1. The van der Waals surface area contributed by atoms with Crippen LogP contribution < -0.4 is 16.0 Å². The molecule has 0 aromatic heterocycles. The van der Waals surface area contributed by atoms with Gasteiger partial charge in [-0.3, -0.25) is 0 Å². The fourth-order valence-electron chi connectivity index (χ4n) is 1.71. The first-order valence-electron chi connectivity index (χ1n) is 6.51. The number of amides is 2. The predicted octanol–water partition coefficient (Wildman–Crippen LogP) is 3.43. The van der Waals surface area contributed by atoms with Crippen LogP contribution in [0.2, 0.25) is 0 Å². The highest BCUT2D eigenvalue weighted by molar-refractivity contribution is 5.89. The van der Waals surface area contributed by atoms with Crippen molar-refractivity contribution in [2.75, 3.05) is 17.7 Å². The van der Waals surface area contributed by atoms with Crippen LogP contribution in [0.5, 0.6) is 0 Å². The van der Waals surface area contributed by atoms with Gasteiger partial charge in [-0.15, -0.1) is 0 Å². The summed E-state index contributed by atoms with van der Waals surface area (Å²) >= 11 is 0. The van der Waals surface area contributed by atoms with E-state index in [9.17, 15) is 4.79 Å². The lowest BCUT2D eigenvalue weighted by Gasteiger charge is -2.15. The number of benzene rings is 1. The van der Waals surface area contributed by atoms with Gasteiger partial charge in [0, 0.05) is 24.5 Å². The summed E-state index contributed by atoms with van der Waals surface area (Å²) in [6.45, 7) is 4.39. The Bertz CT molecular complexity index is 362. The molecule has 0 radical (unpaired) electrons. The average Bonchev–Trinajstić information content (AvgIpc) is 2.38. The molecular formula is C14H23N3O. The number of carbonyl (C=O) groups is 1. The van der Waals surface area contributed by atoms with E-state index in [-0.39, 0.29) is 6.03 Å². The second kappa shape index (κ2) is 7.58. The number of anilines is 2. The maximum Gasteiger partial charge on any atom is 0.318 e. The summed E-state index contributed by atoms with van der Waals surface area (Å²) in [7, 11) is 1.60. The number of unbranched alkanes of at least 4 members (excludes halogenated alkanes) is 1. The zero-order chi connectivity index (χ0) is 13.4. The number of rotatable bonds is 6. The predicted molar refractivity (Wildman–Crippen MR) is 77.1 cm³/mol. The summed E-state index contributed by atoms with van der Waals surface area (Å²) < 4.78 is 0. The Labute approximate surface area is 109 Å². The molecule has 18 heavy (non-hydrogen) atoms. The first-order chi connectivity index (χ1) is 8.65. The lowest BCUT2D eigenvalue weighted by Crippen LogP contribution is -2.24. The van der Waals surface area contributed by atoms with Gasteiger partial charge in [0.15, 0.2) is 0 Å². The standard InChI is InChI=1S/C14H23N3O/c1-4-5-6-11(2)16-12-7-9-13(10-8-12)17-14(18)15-3/h7-11,16H,4-6H2,1-3H3,(H2,15,17,18). The Morgan fingerprint density at radius 2 is 1.83 bits per heavy atom. The maximum absolute atomic E-state index is 11.1. The monoisotopic (exact) mass is 249 g/mol. The number of hydrogen-bond acceptors (Lipinski definition) is 2. The summed E-state index contributed by atoms with van der Waals surface area (Å²) in [5.41, 5.74) is 1.88. The molecule has 1 aromatic carbocycles.